The zero-order chi connectivity index (χ0) is 16.4. The van der Waals surface area contributed by atoms with Crippen molar-refractivity contribution in [2.75, 3.05) is 0 Å². The van der Waals surface area contributed by atoms with Crippen LogP contribution in [0.1, 0.15) is 16.7 Å². The summed E-state index contributed by atoms with van der Waals surface area (Å²) >= 11 is 0. The fourth-order valence-electron chi connectivity index (χ4n) is 2.18. The SMILES string of the molecule is Cc1cc(Cc2cccc([N+](=O)[O-])c2O)c(O)c([N+](=O)[O-])c1. The lowest BCUT2D eigenvalue weighted by atomic mass is 10.00. The van der Waals surface area contributed by atoms with Crippen LogP contribution in [0.3, 0.4) is 0 Å². The first kappa shape index (κ1) is 15.2. The Balaban J connectivity index is 2.50. The van der Waals surface area contributed by atoms with Crippen LogP contribution in [0.5, 0.6) is 11.5 Å². The number of aryl methyl sites for hydroxylation is 1. The Labute approximate surface area is 124 Å². The van der Waals surface area contributed by atoms with Gasteiger partial charge in [0.2, 0.25) is 0 Å². The Bertz CT molecular complexity index is 772. The van der Waals surface area contributed by atoms with Crippen LogP contribution < -0.4 is 0 Å². The van der Waals surface area contributed by atoms with E-state index in [0.717, 1.165) is 6.07 Å². The largest absolute Gasteiger partial charge is 0.502 e. The van der Waals surface area contributed by atoms with Crippen molar-refractivity contribution in [3.63, 3.8) is 0 Å². The number of phenolic OH excluding ortho intramolecular Hbond substituents is 2. The number of rotatable bonds is 4. The van der Waals surface area contributed by atoms with Gasteiger partial charge in [0.1, 0.15) is 0 Å². The molecule has 0 atom stereocenters. The van der Waals surface area contributed by atoms with E-state index >= 15 is 0 Å². The second kappa shape index (κ2) is 5.68. The van der Waals surface area contributed by atoms with Crippen molar-refractivity contribution in [3.05, 3.63) is 67.3 Å². The molecule has 0 spiro atoms. The van der Waals surface area contributed by atoms with Gasteiger partial charge in [-0.05, 0) is 12.5 Å². The number of nitro benzene ring substituents is 2. The summed E-state index contributed by atoms with van der Waals surface area (Å²) in [5, 5.41) is 41.6. The highest BCUT2D eigenvalue weighted by molar-refractivity contribution is 5.57. The first-order valence-electron chi connectivity index (χ1n) is 6.23. The van der Waals surface area contributed by atoms with Crippen molar-refractivity contribution in [3.8, 4) is 11.5 Å². The number of benzene rings is 2. The highest BCUT2D eigenvalue weighted by Gasteiger charge is 2.21. The zero-order valence-corrected chi connectivity index (χ0v) is 11.5. The van der Waals surface area contributed by atoms with Crippen LogP contribution in [0.4, 0.5) is 11.4 Å². The highest BCUT2D eigenvalue weighted by Crippen LogP contribution is 2.36. The maximum absolute atomic E-state index is 10.9. The summed E-state index contributed by atoms with van der Waals surface area (Å²) in [7, 11) is 0. The number of hydrogen-bond acceptors (Lipinski definition) is 6. The molecule has 8 heteroatoms. The molecule has 2 aromatic rings. The second-order valence-electron chi connectivity index (χ2n) is 4.77. The number of nitrogens with zero attached hydrogens (tertiary/aromatic N) is 2. The summed E-state index contributed by atoms with van der Waals surface area (Å²) in [5.41, 5.74) is 0.0652. The van der Waals surface area contributed by atoms with E-state index < -0.39 is 32.7 Å². The van der Waals surface area contributed by atoms with E-state index in [2.05, 4.69) is 0 Å². The van der Waals surface area contributed by atoms with E-state index in [0.29, 0.717) is 5.56 Å². The van der Waals surface area contributed by atoms with Gasteiger partial charge in [-0.1, -0.05) is 18.2 Å². The van der Waals surface area contributed by atoms with E-state index in [9.17, 15) is 30.4 Å². The first-order valence-corrected chi connectivity index (χ1v) is 6.23. The predicted molar refractivity (Wildman–Crippen MR) is 77.1 cm³/mol. The molecule has 2 aromatic carbocycles. The Kier molecular flexibility index (Phi) is 3.93. The lowest BCUT2D eigenvalue weighted by Crippen LogP contribution is -1.97. The molecule has 0 bridgehead atoms. The average Bonchev–Trinajstić information content (AvgIpc) is 2.44. The van der Waals surface area contributed by atoms with Crippen LogP contribution in [0.25, 0.3) is 0 Å². The number of aromatic hydroxyl groups is 2. The van der Waals surface area contributed by atoms with Crippen LogP contribution in [-0.2, 0) is 6.42 Å². The van der Waals surface area contributed by atoms with Crippen molar-refractivity contribution in [2.24, 2.45) is 0 Å². The maximum atomic E-state index is 10.9. The molecule has 2 N–H and O–H groups in total. The van der Waals surface area contributed by atoms with Crippen molar-refractivity contribution in [1.29, 1.82) is 0 Å². The molecule has 0 heterocycles. The fourth-order valence-corrected chi connectivity index (χ4v) is 2.18. The third-order valence-electron chi connectivity index (χ3n) is 3.19. The minimum Gasteiger partial charge on any atom is -0.502 e. The molecule has 0 fully saturated rings. The first-order chi connectivity index (χ1) is 10.3. The van der Waals surface area contributed by atoms with Gasteiger partial charge in [0.25, 0.3) is 0 Å². The minimum atomic E-state index is -0.725. The molecule has 22 heavy (non-hydrogen) atoms. The minimum absolute atomic E-state index is 0.0676. The van der Waals surface area contributed by atoms with Gasteiger partial charge >= 0.3 is 11.4 Å². The van der Waals surface area contributed by atoms with E-state index in [1.807, 2.05) is 0 Å². The van der Waals surface area contributed by atoms with Crippen molar-refractivity contribution < 1.29 is 20.1 Å². The number of nitro groups is 2. The molecule has 0 aliphatic rings. The van der Waals surface area contributed by atoms with E-state index in [1.54, 1.807) is 6.92 Å². The maximum Gasteiger partial charge on any atom is 0.311 e. The highest BCUT2D eigenvalue weighted by atomic mass is 16.6. The van der Waals surface area contributed by atoms with Crippen LogP contribution >= 0.6 is 0 Å². The number of hydrogen-bond donors (Lipinski definition) is 2. The normalized spacial score (nSPS) is 10.4. The summed E-state index contributed by atoms with van der Waals surface area (Å²) in [6, 6.07) is 6.76. The number of phenols is 2. The Hall–Kier alpha value is -3.16. The molecule has 0 amide bonds. The van der Waals surface area contributed by atoms with Gasteiger partial charge in [-0.25, -0.2) is 0 Å². The lowest BCUT2D eigenvalue weighted by molar-refractivity contribution is -0.386. The van der Waals surface area contributed by atoms with E-state index in [4.69, 9.17) is 0 Å². The van der Waals surface area contributed by atoms with Crippen molar-refractivity contribution in [1.82, 2.24) is 0 Å². The van der Waals surface area contributed by atoms with Crippen molar-refractivity contribution >= 4 is 11.4 Å². The van der Waals surface area contributed by atoms with Gasteiger partial charge < -0.3 is 10.2 Å². The second-order valence-corrected chi connectivity index (χ2v) is 4.77. The van der Waals surface area contributed by atoms with Gasteiger partial charge in [-0.15, -0.1) is 0 Å². The number of para-hydroxylation sites is 1. The van der Waals surface area contributed by atoms with Gasteiger partial charge in [0.05, 0.1) is 9.85 Å². The molecule has 0 aliphatic heterocycles. The lowest BCUT2D eigenvalue weighted by Gasteiger charge is -2.08. The third-order valence-corrected chi connectivity index (χ3v) is 3.19. The van der Waals surface area contributed by atoms with Gasteiger partial charge in [-0.3, -0.25) is 20.2 Å². The fraction of sp³-hybridized carbons (Fsp3) is 0.143. The molecule has 0 aliphatic carbocycles. The Morgan fingerprint density at radius 2 is 1.55 bits per heavy atom. The van der Waals surface area contributed by atoms with E-state index in [1.165, 1.54) is 24.3 Å². The Morgan fingerprint density at radius 3 is 2.14 bits per heavy atom. The molecule has 0 saturated carbocycles. The smallest absolute Gasteiger partial charge is 0.311 e. The molecular formula is C14H12N2O6. The Morgan fingerprint density at radius 1 is 0.955 bits per heavy atom. The molecule has 0 saturated heterocycles. The monoisotopic (exact) mass is 304 g/mol. The topological polar surface area (TPSA) is 127 Å². The standard InChI is InChI=1S/C14H12N2O6/c1-8-5-10(14(18)12(6-8)16(21)22)7-9-3-2-4-11(13(9)17)15(19)20/h2-6,17-18H,7H2,1H3. The molecule has 0 radical (unpaired) electrons. The van der Waals surface area contributed by atoms with Crippen LogP contribution in [0.15, 0.2) is 30.3 Å². The average molecular weight is 304 g/mol. The third kappa shape index (κ3) is 2.80. The van der Waals surface area contributed by atoms with Gasteiger partial charge in [0, 0.05) is 29.7 Å². The zero-order valence-electron chi connectivity index (χ0n) is 11.5. The summed E-state index contributed by atoms with van der Waals surface area (Å²) < 4.78 is 0. The molecule has 0 unspecified atom stereocenters. The molecular weight excluding hydrogens is 292 g/mol. The van der Waals surface area contributed by atoms with Crippen LogP contribution in [0, 0.1) is 27.2 Å². The molecule has 0 aromatic heterocycles. The summed E-state index contributed by atoms with van der Waals surface area (Å²) in [5.74, 6) is -1.03. The summed E-state index contributed by atoms with van der Waals surface area (Å²) in [6.45, 7) is 1.63. The molecule has 114 valence electrons. The summed E-state index contributed by atoms with van der Waals surface area (Å²) in [4.78, 5) is 20.3. The molecule has 8 nitrogen and oxygen atoms in total. The van der Waals surface area contributed by atoms with E-state index in [-0.39, 0.29) is 17.5 Å². The van der Waals surface area contributed by atoms with Crippen LogP contribution in [0.2, 0.25) is 0 Å². The quantitative estimate of drug-likeness (QED) is 0.660. The summed E-state index contributed by atoms with van der Waals surface area (Å²) in [6.07, 6.45) is -0.0676. The van der Waals surface area contributed by atoms with Crippen LogP contribution in [-0.4, -0.2) is 20.1 Å². The van der Waals surface area contributed by atoms with Gasteiger partial charge in [-0.2, -0.15) is 0 Å². The molecule has 2 rings (SSSR count). The van der Waals surface area contributed by atoms with Crippen molar-refractivity contribution in [2.45, 2.75) is 13.3 Å². The predicted octanol–water partition coefficient (Wildman–Crippen LogP) is 2.81. The van der Waals surface area contributed by atoms with Gasteiger partial charge in [0.15, 0.2) is 11.5 Å².